The molecule has 0 N–H and O–H groups in total. The molecule has 2 rings (SSSR count). The molecule has 0 aromatic heterocycles. The third-order valence-electron chi connectivity index (χ3n) is 3.38. The van der Waals surface area contributed by atoms with Gasteiger partial charge in [-0.3, -0.25) is 9.69 Å². The van der Waals surface area contributed by atoms with E-state index in [0.717, 1.165) is 25.1 Å². The van der Waals surface area contributed by atoms with Gasteiger partial charge in [0.05, 0.1) is 18.2 Å². The molecule has 3 nitrogen and oxygen atoms in total. The van der Waals surface area contributed by atoms with E-state index in [4.69, 9.17) is 4.74 Å². The van der Waals surface area contributed by atoms with Crippen LogP contribution in [0.3, 0.4) is 0 Å². The Kier molecular flexibility index (Phi) is 4.61. The van der Waals surface area contributed by atoms with Crippen LogP contribution >= 0.6 is 0 Å². The van der Waals surface area contributed by atoms with Crippen LogP contribution in [0.2, 0.25) is 0 Å². The van der Waals surface area contributed by atoms with E-state index in [1.54, 1.807) is 6.92 Å². The summed E-state index contributed by atoms with van der Waals surface area (Å²) in [6, 6.07) is 2.62. The van der Waals surface area contributed by atoms with Crippen LogP contribution in [-0.2, 0) is 4.74 Å². The summed E-state index contributed by atoms with van der Waals surface area (Å²) in [4.78, 5) is 14.2. The summed E-state index contributed by atoms with van der Waals surface area (Å²) in [5.74, 6) is -1.80. The van der Waals surface area contributed by atoms with Crippen molar-refractivity contribution in [2.45, 2.75) is 19.4 Å². The van der Waals surface area contributed by atoms with E-state index < -0.39 is 17.7 Å². The van der Waals surface area contributed by atoms with Gasteiger partial charge in [-0.2, -0.15) is 0 Å². The zero-order valence-electron chi connectivity index (χ0n) is 10.9. The van der Waals surface area contributed by atoms with Gasteiger partial charge in [0, 0.05) is 25.8 Å². The molecule has 0 saturated carbocycles. The molecule has 0 radical (unpaired) electrons. The first-order chi connectivity index (χ1) is 9.09. The zero-order valence-corrected chi connectivity index (χ0v) is 10.9. The van der Waals surface area contributed by atoms with Crippen LogP contribution < -0.4 is 0 Å². The van der Waals surface area contributed by atoms with Crippen LogP contribution in [-0.4, -0.2) is 43.0 Å². The highest BCUT2D eigenvalue weighted by Crippen LogP contribution is 2.15. The van der Waals surface area contributed by atoms with Crippen LogP contribution in [0, 0.1) is 11.6 Å². The van der Waals surface area contributed by atoms with Gasteiger partial charge in [0.2, 0.25) is 0 Å². The van der Waals surface area contributed by atoms with Gasteiger partial charge in [-0.25, -0.2) is 8.78 Å². The molecule has 1 aromatic carbocycles. The number of rotatable bonds is 3. The molecule has 0 aliphatic carbocycles. The number of nitrogens with zero attached hydrogens (tertiary/aromatic N) is 1. The maximum absolute atomic E-state index is 13.6. The molecule has 19 heavy (non-hydrogen) atoms. The predicted octanol–water partition coefficient (Wildman–Crippen LogP) is 2.26. The maximum atomic E-state index is 13.6. The SMILES string of the molecule is CC(C(=O)c1ccc(F)cc1F)N1CCCOCC1. The molecule has 0 bridgehead atoms. The van der Waals surface area contributed by atoms with Crippen molar-refractivity contribution in [1.29, 1.82) is 0 Å². The molecule has 1 aromatic rings. The van der Waals surface area contributed by atoms with Gasteiger partial charge in [-0.1, -0.05) is 0 Å². The van der Waals surface area contributed by atoms with E-state index in [1.165, 1.54) is 6.07 Å². The summed E-state index contributed by atoms with van der Waals surface area (Å²) in [5, 5.41) is 0. The molecule has 1 saturated heterocycles. The summed E-state index contributed by atoms with van der Waals surface area (Å²) in [6.07, 6.45) is 0.851. The predicted molar refractivity (Wildman–Crippen MR) is 67.2 cm³/mol. The molecule has 5 heteroatoms. The Hall–Kier alpha value is -1.33. The van der Waals surface area contributed by atoms with Crippen LogP contribution in [0.15, 0.2) is 18.2 Å². The van der Waals surface area contributed by atoms with Crippen molar-refractivity contribution in [3.05, 3.63) is 35.4 Å². The van der Waals surface area contributed by atoms with E-state index in [1.807, 2.05) is 4.90 Å². The van der Waals surface area contributed by atoms with Gasteiger partial charge in [0.15, 0.2) is 5.78 Å². The number of hydrogen-bond donors (Lipinski definition) is 0. The number of carbonyl (C=O) groups is 1. The number of hydrogen-bond acceptors (Lipinski definition) is 3. The molecular weight excluding hydrogens is 252 g/mol. The second-order valence-electron chi connectivity index (χ2n) is 4.67. The summed E-state index contributed by atoms with van der Waals surface area (Å²) >= 11 is 0. The van der Waals surface area contributed by atoms with Crippen molar-refractivity contribution in [2.24, 2.45) is 0 Å². The lowest BCUT2D eigenvalue weighted by molar-refractivity contribution is 0.0820. The van der Waals surface area contributed by atoms with E-state index in [9.17, 15) is 13.6 Å². The smallest absolute Gasteiger partial charge is 0.182 e. The second-order valence-corrected chi connectivity index (χ2v) is 4.67. The lowest BCUT2D eigenvalue weighted by Gasteiger charge is -2.25. The Bertz CT molecular complexity index is 457. The lowest BCUT2D eigenvalue weighted by atomic mass is 10.0. The van der Waals surface area contributed by atoms with Gasteiger partial charge < -0.3 is 4.74 Å². The van der Waals surface area contributed by atoms with Crippen molar-refractivity contribution in [3.63, 3.8) is 0 Å². The topological polar surface area (TPSA) is 29.5 Å². The molecule has 104 valence electrons. The monoisotopic (exact) mass is 269 g/mol. The first-order valence-electron chi connectivity index (χ1n) is 6.40. The van der Waals surface area contributed by atoms with E-state index >= 15 is 0 Å². The van der Waals surface area contributed by atoms with Crippen molar-refractivity contribution in [2.75, 3.05) is 26.3 Å². The lowest BCUT2D eigenvalue weighted by Crippen LogP contribution is -2.40. The normalized spacial score (nSPS) is 18.9. The van der Waals surface area contributed by atoms with Crippen molar-refractivity contribution < 1.29 is 18.3 Å². The largest absolute Gasteiger partial charge is 0.380 e. The van der Waals surface area contributed by atoms with Crippen LogP contribution in [0.1, 0.15) is 23.7 Å². The van der Waals surface area contributed by atoms with Gasteiger partial charge in [-0.05, 0) is 25.5 Å². The third-order valence-corrected chi connectivity index (χ3v) is 3.38. The Balaban J connectivity index is 2.13. The molecule has 1 fully saturated rings. The average molecular weight is 269 g/mol. The molecule has 1 atom stereocenters. The molecule has 1 aliphatic heterocycles. The van der Waals surface area contributed by atoms with Gasteiger partial charge >= 0.3 is 0 Å². The van der Waals surface area contributed by atoms with Gasteiger partial charge in [0.1, 0.15) is 11.6 Å². The number of ether oxygens (including phenoxy) is 1. The van der Waals surface area contributed by atoms with Crippen molar-refractivity contribution in [1.82, 2.24) is 4.90 Å². The third kappa shape index (κ3) is 3.36. The number of Topliss-reactive ketones (excluding diaryl/α,β-unsaturated/α-hetero) is 1. The van der Waals surface area contributed by atoms with Crippen LogP contribution in [0.25, 0.3) is 0 Å². The Morgan fingerprint density at radius 1 is 1.32 bits per heavy atom. The molecule has 0 spiro atoms. The maximum Gasteiger partial charge on any atom is 0.182 e. The number of ketones is 1. The van der Waals surface area contributed by atoms with E-state index in [-0.39, 0.29) is 11.3 Å². The number of halogens is 2. The second kappa shape index (κ2) is 6.21. The zero-order chi connectivity index (χ0) is 13.8. The highest BCUT2D eigenvalue weighted by Gasteiger charge is 2.25. The molecular formula is C14H17F2NO2. The first kappa shape index (κ1) is 14.1. The fraction of sp³-hybridized carbons (Fsp3) is 0.500. The fourth-order valence-corrected chi connectivity index (χ4v) is 2.23. The molecule has 0 amide bonds. The molecule has 1 unspecified atom stereocenters. The first-order valence-corrected chi connectivity index (χ1v) is 6.40. The average Bonchev–Trinajstić information content (AvgIpc) is 2.66. The fourth-order valence-electron chi connectivity index (χ4n) is 2.23. The van der Waals surface area contributed by atoms with Crippen LogP contribution in [0.4, 0.5) is 8.78 Å². The minimum absolute atomic E-state index is 0.0564. The Morgan fingerprint density at radius 3 is 2.84 bits per heavy atom. The standard InChI is InChI=1S/C14H17F2NO2/c1-10(17-5-2-7-19-8-6-17)14(18)12-4-3-11(15)9-13(12)16/h3-4,9-10H,2,5-8H2,1H3. The van der Waals surface area contributed by atoms with Gasteiger partial charge in [-0.15, -0.1) is 0 Å². The molecule has 1 heterocycles. The van der Waals surface area contributed by atoms with Gasteiger partial charge in [0.25, 0.3) is 0 Å². The molecule has 1 aliphatic rings. The summed E-state index contributed by atoms with van der Waals surface area (Å²) in [7, 11) is 0. The number of benzene rings is 1. The quantitative estimate of drug-likeness (QED) is 0.788. The summed E-state index contributed by atoms with van der Waals surface area (Å²) in [5.41, 5.74) is -0.0564. The highest BCUT2D eigenvalue weighted by molar-refractivity contribution is 6.00. The van der Waals surface area contributed by atoms with E-state index in [0.29, 0.717) is 19.8 Å². The Morgan fingerprint density at radius 2 is 2.11 bits per heavy atom. The van der Waals surface area contributed by atoms with Crippen molar-refractivity contribution >= 4 is 5.78 Å². The number of carbonyl (C=O) groups excluding carboxylic acids is 1. The summed E-state index contributed by atoms with van der Waals surface area (Å²) in [6.45, 7) is 4.40. The van der Waals surface area contributed by atoms with Crippen LogP contribution in [0.5, 0.6) is 0 Å². The minimum atomic E-state index is -0.803. The minimum Gasteiger partial charge on any atom is -0.380 e. The Labute approximate surface area is 111 Å². The highest BCUT2D eigenvalue weighted by atomic mass is 19.1. The summed E-state index contributed by atoms with van der Waals surface area (Å²) < 4.78 is 31.8. The van der Waals surface area contributed by atoms with E-state index in [2.05, 4.69) is 0 Å². The van der Waals surface area contributed by atoms with Crippen molar-refractivity contribution in [3.8, 4) is 0 Å².